The predicted octanol–water partition coefficient (Wildman–Crippen LogP) is 2.33. The van der Waals surface area contributed by atoms with E-state index in [0.29, 0.717) is 37.3 Å². The summed E-state index contributed by atoms with van der Waals surface area (Å²) >= 11 is 2.77. The van der Waals surface area contributed by atoms with E-state index in [9.17, 15) is 19.7 Å². The zero-order valence-corrected chi connectivity index (χ0v) is 19.2. The van der Waals surface area contributed by atoms with Gasteiger partial charge in [-0.1, -0.05) is 29.2 Å². The van der Waals surface area contributed by atoms with E-state index in [1.54, 1.807) is 24.0 Å². The van der Waals surface area contributed by atoms with Crippen molar-refractivity contribution in [3.63, 3.8) is 0 Å². The molecule has 166 valence electrons. The summed E-state index contributed by atoms with van der Waals surface area (Å²) in [6, 6.07) is 4.67. The molecule has 1 saturated heterocycles. The third kappa shape index (κ3) is 5.91. The van der Waals surface area contributed by atoms with Crippen LogP contribution in [0.15, 0.2) is 22.5 Å². The van der Waals surface area contributed by atoms with E-state index in [0.717, 1.165) is 9.47 Å². The molecule has 1 aromatic heterocycles. The fraction of sp³-hybridized carbons (Fsp3) is 0.474. The minimum atomic E-state index is -0.471. The number of benzene rings is 1. The number of nitro groups is 1. The number of thioether (sulfide) groups is 1. The molecule has 2 aromatic rings. The van der Waals surface area contributed by atoms with E-state index >= 15 is 0 Å². The Morgan fingerprint density at radius 1 is 1.26 bits per heavy atom. The Bertz CT molecular complexity index is 972. The molecule has 1 aromatic carbocycles. The monoisotopic (exact) mass is 464 g/mol. The minimum Gasteiger partial charge on any atom is -0.353 e. The molecule has 0 spiro atoms. The Hall–Kier alpha value is -2.73. The Kier molecular flexibility index (Phi) is 7.44. The highest BCUT2D eigenvalue weighted by molar-refractivity contribution is 8.01. The summed E-state index contributed by atoms with van der Waals surface area (Å²) in [6.07, 6.45) is 0. The van der Waals surface area contributed by atoms with Gasteiger partial charge in [-0.25, -0.2) is 0 Å². The van der Waals surface area contributed by atoms with Gasteiger partial charge in [0.2, 0.25) is 11.0 Å². The van der Waals surface area contributed by atoms with Gasteiger partial charge >= 0.3 is 0 Å². The van der Waals surface area contributed by atoms with Crippen molar-refractivity contribution in [1.29, 1.82) is 0 Å². The van der Waals surface area contributed by atoms with E-state index in [2.05, 4.69) is 20.4 Å². The van der Waals surface area contributed by atoms with Crippen molar-refractivity contribution in [1.82, 2.24) is 20.4 Å². The third-order valence-corrected chi connectivity index (χ3v) is 6.78. The highest BCUT2D eigenvalue weighted by Crippen LogP contribution is 2.29. The van der Waals surface area contributed by atoms with Crippen LogP contribution in [0.4, 0.5) is 10.8 Å². The standard InChI is InChI=1S/C19H24N6O4S2/c1-12(2)20-16(26)11-30-19-22-21-18(31-19)24-8-6-23(7-9-24)17(27)14-5-4-13(3)15(10-14)25(28)29/h4-5,10,12H,6-9,11H2,1-3H3,(H,20,26). The molecule has 1 N–H and O–H groups in total. The molecule has 31 heavy (non-hydrogen) atoms. The molecule has 1 aliphatic rings. The molecular formula is C19H24N6O4S2. The van der Waals surface area contributed by atoms with E-state index in [1.807, 2.05) is 13.8 Å². The van der Waals surface area contributed by atoms with Crippen molar-refractivity contribution in [2.24, 2.45) is 0 Å². The summed E-state index contributed by atoms with van der Waals surface area (Å²) in [7, 11) is 0. The van der Waals surface area contributed by atoms with E-state index < -0.39 is 4.92 Å². The van der Waals surface area contributed by atoms with Crippen LogP contribution in [0.5, 0.6) is 0 Å². The number of amides is 2. The summed E-state index contributed by atoms with van der Waals surface area (Å²) in [4.78, 5) is 39.0. The van der Waals surface area contributed by atoms with Gasteiger partial charge in [0.1, 0.15) is 0 Å². The lowest BCUT2D eigenvalue weighted by Gasteiger charge is -2.34. The largest absolute Gasteiger partial charge is 0.353 e. The first kappa shape index (κ1) is 22.9. The number of carbonyl (C=O) groups excluding carboxylic acids is 2. The van der Waals surface area contributed by atoms with Crippen LogP contribution in [0.2, 0.25) is 0 Å². The van der Waals surface area contributed by atoms with Gasteiger partial charge in [0.25, 0.3) is 11.6 Å². The number of nitrogens with zero attached hydrogens (tertiary/aromatic N) is 5. The summed E-state index contributed by atoms with van der Waals surface area (Å²) in [6.45, 7) is 7.63. The molecular weight excluding hydrogens is 440 g/mol. The van der Waals surface area contributed by atoms with E-state index in [1.165, 1.54) is 29.2 Å². The second-order valence-corrected chi connectivity index (χ2v) is 9.58. The van der Waals surface area contributed by atoms with Gasteiger partial charge in [-0.15, -0.1) is 10.2 Å². The van der Waals surface area contributed by atoms with Crippen molar-refractivity contribution in [2.45, 2.75) is 31.2 Å². The fourth-order valence-corrected chi connectivity index (χ4v) is 4.81. The average Bonchev–Trinajstić information content (AvgIpc) is 3.20. The van der Waals surface area contributed by atoms with Gasteiger partial charge in [0.15, 0.2) is 4.34 Å². The molecule has 12 heteroatoms. The molecule has 3 rings (SSSR count). The van der Waals surface area contributed by atoms with Gasteiger partial charge < -0.3 is 15.1 Å². The van der Waals surface area contributed by atoms with Gasteiger partial charge in [-0.05, 0) is 26.8 Å². The number of aromatic nitrogens is 2. The predicted molar refractivity (Wildman–Crippen MR) is 120 cm³/mol. The third-order valence-electron chi connectivity index (χ3n) is 4.66. The summed E-state index contributed by atoms with van der Waals surface area (Å²) < 4.78 is 0.722. The SMILES string of the molecule is Cc1ccc(C(=O)N2CCN(c3nnc(SCC(=O)NC(C)C)s3)CC2)cc1[N+](=O)[O-]. The number of piperazine rings is 1. The van der Waals surface area contributed by atoms with Crippen LogP contribution >= 0.6 is 23.1 Å². The highest BCUT2D eigenvalue weighted by atomic mass is 32.2. The maximum Gasteiger partial charge on any atom is 0.273 e. The summed E-state index contributed by atoms with van der Waals surface area (Å²) in [5.41, 5.74) is 0.795. The Morgan fingerprint density at radius 3 is 2.61 bits per heavy atom. The number of hydrogen-bond donors (Lipinski definition) is 1. The maximum absolute atomic E-state index is 12.8. The van der Waals surface area contributed by atoms with Crippen LogP contribution in [0, 0.1) is 17.0 Å². The zero-order chi connectivity index (χ0) is 22.5. The van der Waals surface area contributed by atoms with Gasteiger partial charge in [0, 0.05) is 49.4 Å². The Labute approximate surface area is 188 Å². The molecule has 10 nitrogen and oxygen atoms in total. The fourth-order valence-electron chi connectivity index (χ4n) is 3.10. The lowest BCUT2D eigenvalue weighted by molar-refractivity contribution is -0.385. The number of anilines is 1. The van der Waals surface area contributed by atoms with Crippen LogP contribution in [0.1, 0.15) is 29.8 Å². The number of carbonyl (C=O) groups is 2. The van der Waals surface area contributed by atoms with Crippen LogP contribution in [0.25, 0.3) is 0 Å². The molecule has 1 fully saturated rings. The highest BCUT2D eigenvalue weighted by Gasteiger charge is 2.25. The summed E-state index contributed by atoms with van der Waals surface area (Å²) in [5, 5.41) is 23.1. The lowest BCUT2D eigenvalue weighted by atomic mass is 10.1. The van der Waals surface area contributed by atoms with E-state index in [4.69, 9.17) is 0 Å². The topological polar surface area (TPSA) is 122 Å². The van der Waals surface area contributed by atoms with Gasteiger partial charge in [0.05, 0.1) is 10.7 Å². The zero-order valence-electron chi connectivity index (χ0n) is 17.5. The van der Waals surface area contributed by atoms with Crippen LogP contribution in [-0.2, 0) is 4.79 Å². The molecule has 1 aliphatic heterocycles. The second-order valence-electron chi connectivity index (χ2n) is 7.40. The molecule has 0 saturated carbocycles. The molecule has 0 unspecified atom stereocenters. The van der Waals surface area contributed by atoms with Crippen molar-refractivity contribution in [3.05, 3.63) is 39.4 Å². The van der Waals surface area contributed by atoms with Gasteiger partial charge in [-0.2, -0.15) is 0 Å². The van der Waals surface area contributed by atoms with Crippen molar-refractivity contribution < 1.29 is 14.5 Å². The molecule has 0 atom stereocenters. The first-order valence-corrected chi connectivity index (χ1v) is 11.6. The molecule has 0 bridgehead atoms. The smallest absolute Gasteiger partial charge is 0.273 e. The maximum atomic E-state index is 12.8. The quantitative estimate of drug-likeness (QED) is 0.376. The van der Waals surface area contributed by atoms with Crippen LogP contribution in [0.3, 0.4) is 0 Å². The number of nitrogens with one attached hydrogen (secondary N) is 1. The molecule has 2 heterocycles. The van der Waals surface area contributed by atoms with Crippen molar-refractivity contribution >= 4 is 45.7 Å². The molecule has 2 amide bonds. The Morgan fingerprint density at radius 2 is 1.97 bits per heavy atom. The minimum absolute atomic E-state index is 0.0415. The van der Waals surface area contributed by atoms with Gasteiger partial charge in [-0.3, -0.25) is 19.7 Å². The lowest BCUT2D eigenvalue weighted by Crippen LogP contribution is -2.48. The van der Waals surface area contributed by atoms with E-state index in [-0.39, 0.29) is 29.3 Å². The normalized spacial score (nSPS) is 14.1. The summed E-state index contributed by atoms with van der Waals surface area (Å²) in [5.74, 6) is 0.0327. The number of aryl methyl sites for hydroxylation is 1. The number of nitro benzene ring substituents is 1. The van der Waals surface area contributed by atoms with Crippen LogP contribution in [-0.4, -0.2) is 69.8 Å². The van der Waals surface area contributed by atoms with Crippen molar-refractivity contribution in [3.8, 4) is 0 Å². The number of hydrogen-bond acceptors (Lipinski definition) is 9. The number of rotatable bonds is 7. The first-order chi connectivity index (χ1) is 14.7. The Balaban J connectivity index is 1.55. The first-order valence-electron chi connectivity index (χ1n) is 9.79. The second kappa shape index (κ2) is 10.1. The van der Waals surface area contributed by atoms with Crippen LogP contribution < -0.4 is 10.2 Å². The van der Waals surface area contributed by atoms with Crippen molar-refractivity contribution in [2.75, 3.05) is 36.8 Å². The molecule has 0 radical (unpaired) electrons. The molecule has 0 aliphatic carbocycles. The average molecular weight is 465 g/mol.